The van der Waals surface area contributed by atoms with E-state index in [1.54, 1.807) is 23.1 Å². The van der Waals surface area contributed by atoms with Gasteiger partial charge >= 0.3 is 5.97 Å². The first-order chi connectivity index (χ1) is 15.1. The Kier molecular flexibility index (Phi) is 3.95. The average Bonchev–Trinajstić information content (AvgIpc) is 3.41. The first-order valence-electron chi connectivity index (χ1n) is 10.4. The van der Waals surface area contributed by atoms with Gasteiger partial charge in [0.1, 0.15) is 11.5 Å². The van der Waals surface area contributed by atoms with Crippen molar-refractivity contribution in [2.45, 2.75) is 31.7 Å². The highest BCUT2D eigenvalue weighted by molar-refractivity contribution is 5.91. The number of hydrogen-bond donors (Lipinski definition) is 3. The Morgan fingerprint density at radius 2 is 2.03 bits per heavy atom. The molecule has 4 aromatic rings. The molecule has 9 nitrogen and oxygen atoms in total. The topological polar surface area (TPSA) is 121 Å². The molecule has 0 amide bonds. The van der Waals surface area contributed by atoms with Gasteiger partial charge in [0.05, 0.1) is 12.1 Å². The third-order valence-electron chi connectivity index (χ3n) is 6.80. The van der Waals surface area contributed by atoms with Crippen LogP contribution >= 0.6 is 0 Å². The Balaban J connectivity index is 1.46. The van der Waals surface area contributed by atoms with E-state index in [2.05, 4.69) is 25.4 Å². The molecule has 7 rings (SSSR count). The Bertz CT molecular complexity index is 1310. The number of nitrogens with one attached hydrogen (secondary N) is 2. The van der Waals surface area contributed by atoms with E-state index in [9.17, 15) is 14.3 Å². The largest absolute Gasteiger partial charge is 0.481 e. The van der Waals surface area contributed by atoms with E-state index in [1.807, 2.05) is 0 Å². The van der Waals surface area contributed by atoms with Crippen molar-refractivity contribution in [3.63, 3.8) is 0 Å². The highest BCUT2D eigenvalue weighted by Crippen LogP contribution is 2.46. The number of rotatable bonds is 4. The summed E-state index contributed by atoms with van der Waals surface area (Å²) < 4.78 is 15.4. The minimum absolute atomic E-state index is 0.180. The van der Waals surface area contributed by atoms with E-state index < -0.39 is 17.7 Å². The van der Waals surface area contributed by atoms with Crippen LogP contribution in [-0.2, 0) is 4.79 Å². The molecule has 0 radical (unpaired) electrons. The molecule has 158 valence electrons. The van der Waals surface area contributed by atoms with Gasteiger partial charge in [-0.05, 0) is 43.6 Å². The molecule has 0 unspecified atom stereocenters. The maximum atomic E-state index is 13.8. The number of imidazole rings is 1. The van der Waals surface area contributed by atoms with Crippen molar-refractivity contribution in [1.29, 1.82) is 0 Å². The van der Waals surface area contributed by atoms with Crippen LogP contribution in [0.1, 0.15) is 25.7 Å². The van der Waals surface area contributed by atoms with Gasteiger partial charge in [0, 0.05) is 35.6 Å². The van der Waals surface area contributed by atoms with Crippen LogP contribution in [0.15, 0.2) is 30.9 Å². The summed E-state index contributed by atoms with van der Waals surface area (Å²) in [6.45, 7) is 0. The van der Waals surface area contributed by atoms with Gasteiger partial charge in [-0.1, -0.05) is 0 Å². The van der Waals surface area contributed by atoms with Crippen LogP contribution in [0.4, 0.5) is 10.2 Å². The van der Waals surface area contributed by atoms with Gasteiger partial charge in [0.15, 0.2) is 17.3 Å². The van der Waals surface area contributed by atoms with Crippen LogP contribution in [0.3, 0.4) is 0 Å². The van der Waals surface area contributed by atoms with Crippen molar-refractivity contribution >= 4 is 28.5 Å². The van der Waals surface area contributed by atoms with Crippen molar-refractivity contribution < 1.29 is 14.3 Å². The van der Waals surface area contributed by atoms with E-state index in [0.717, 1.165) is 31.9 Å². The molecule has 2 atom stereocenters. The first kappa shape index (κ1) is 18.2. The monoisotopic (exact) mass is 421 g/mol. The van der Waals surface area contributed by atoms with E-state index >= 15 is 0 Å². The zero-order valence-corrected chi connectivity index (χ0v) is 16.5. The number of nitrogens with zero attached hydrogens (tertiary/aromatic N) is 5. The molecule has 3 fully saturated rings. The zero-order chi connectivity index (χ0) is 21.1. The predicted octanol–water partition coefficient (Wildman–Crippen LogP) is 3.11. The number of carbonyl (C=O) groups is 1. The Morgan fingerprint density at radius 1 is 1.23 bits per heavy atom. The number of aromatic amines is 1. The second-order valence-corrected chi connectivity index (χ2v) is 8.44. The molecule has 3 aliphatic rings. The molecular formula is C21H20FN7O2. The maximum Gasteiger partial charge on any atom is 0.308 e. The van der Waals surface area contributed by atoms with Crippen molar-refractivity contribution in [2.75, 3.05) is 5.32 Å². The van der Waals surface area contributed by atoms with E-state index in [0.29, 0.717) is 33.9 Å². The van der Waals surface area contributed by atoms with Gasteiger partial charge in [0.25, 0.3) is 0 Å². The van der Waals surface area contributed by atoms with E-state index in [-0.39, 0.29) is 17.9 Å². The summed E-state index contributed by atoms with van der Waals surface area (Å²) in [6, 6.07) is 1.18. The van der Waals surface area contributed by atoms with Gasteiger partial charge < -0.3 is 15.4 Å². The lowest BCUT2D eigenvalue weighted by molar-refractivity contribution is -0.148. The molecule has 0 spiro atoms. The molecule has 0 aromatic carbocycles. The van der Waals surface area contributed by atoms with E-state index in [4.69, 9.17) is 4.98 Å². The highest BCUT2D eigenvalue weighted by Gasteiger charge is 2.47. The number of carboxylic acid groups (broad SMARTS) is 1. The fraction of sp³-hybridized carbons (Fsp3) is 0.381. The molecule has 3 aliphatic carbocycles. The van der Waals surface area contributed by atoms with Gasteiger partial charge in [-0.25, -0.2) is 23.9 Å². The summed E-state index contributed by atoms with van der Waals surface area (Å²) in [5, 5.41) is 18.4. The van der Waals surface area contributed by atoms with Gasteiger partial charge in [0.2, 0.25) is 0 Å². The van der Waals surface area contributed by atoms with Crippen LogP contribution in [0, 0.1) is 23.6 Å². The quantitative estimate of drug-likeness (QED) is 0.463. The molecule has 4 aromatic heterocycles. The van der Waals surface area contributed by atoms with Crippen molar-refractivity contribution in [3.05, 3.63) is 36.7 Å². The SMILES string of the molecule is O=C(O)[C@H]1C2CCC(CC2)[C@@H]1Nc1nc(-c2c[nH]c3ncc(F)cc23)nn2ccnc12. The molecule has 10 heteroatoms. The number of hydrogen-bond acceptors (Lipinski definition) is 6. The molecule has 0 aliphatic heterocycles. The Hall–Kier alpha value is -3.56. The van der Waals surface area contributed by atoms with Gasteiger partial charge in [-0.15, -0.1) is 5.10 Å². The minimum Gasteiger partial charge on any atom is -0.481 e. The lowest BCUT2D eigenvalue weighted by Gasteiger charge is -2.47. The number of carboxylic acids is 1. The predicted molar refractivity (Wildman–Crippen MR) is 110 cm³/mol. The number of aliphatic carboxylic acids is 1. The summed E-state index contributed by atoms with van der Waals surface area (Å²) in [4.78, 5) is 28.2. The molecule has 31 heavy (non-hydrogen) atoms. The normalized spacial score (nSPS) is 25.3. The van der Waals surface area contributed by atoms with Crippen LogP contribution < -0.4 is 5.32 Å². The highest BCUT2D eigenvalue weighted by atomic mass is 19.1. The van der Waals surface area contributed by atoms with Crippen LogP contribution in [-0.4, -0.2) is 46.7 Å². The summed E-state index contributed by atoms with van der Waals surface area (Å²) in [7, 11) is 0. The third-order valence-corrected chi connectivity index (χ3v) is 6.80. The molecule has 3 saturated carbocycles. The summed E-state index contributed by atoms with van der Waals surface area (Å²) in [5.74, 6) is -0.341. The lowest BCUT2D eigenvalue weighted by Crippen LogP contribution is -2.51. The number of aromatic nitrogens is 6. The van der Waals surface area contributed by atoms with Crippen LogP contribution in [0.2, 0.25) is 0 Å². The second-order valence-electron chi connectivity index (χ2n) is 8.44. The molecule has 3 N–H and O–H groups in total. The smallest absolute Gasteiger partial charge is 0.308 e. The molecule has 4 heterocycles. The molecular weight excluding hydrogens is 401 g/mol. The standard InChI is InChI=1S/C21H20FN7O2/c22-12-7-13-14(9-25-17(13)24-8-12)18-27-19(20-23-5-6-29(20)28-18)26-16-11-3-1-10(2-4-11)15(16)21(30)31/h5-11,15-16H,1-4H2,(H,24,25)(H,30,31)(H,26,27,28)/t10?,11?,15-,16-/m0/s1. The number of H-pyrrole nitrogens is 1. The summed E-state index contributed by atoms with van der Waals surface area (Å²) in [6.07, 6.45) is 10.1. The number of pyridine rings is 1. The number of fused-ring (bicyclic) bond motifs is 5. The van der Waals surface area contributed by atoms with E-state index in [1.165, 1.54) is 6.07 Å². The maximum absolute atomic E-state index is 13.8. The van der Waals surface area contributed by atoms with Crippen LogP contribution in [0.25, 0.3) is 28.1 Å². The van der Waals surface area contributed by atoms with Crippen molar-refractivity contribution in [2.24, 2.45) is 17.8 Å². The summed E-state index contributed by atoms with van der Waals surface area (Å²) >= 11 is 0. The first-order valence-corrected chi connectivity index (χ1v) is 10.4. The van der Waals surface area contributed by atoms with Crippen molar-refractivity contribution in [3.8, 4) is 11.4 Å². The average molecular weight is 421 g/mol. The summed E-state index contributed by atoms with van der Waals surface area (Å²) in [5.41, 5.74) is 1.68. The lowest BCUT2D eigenvalue weighted by atomic mass is 9.61. The van der Waals surface area contributed by atoms with Gasteiger partial charge in [-0.2, -0.15) is 0 Å². The Morgan fingerprint density at radius 3 is 2.84 bits per heavy atom. The second kappa shape index (κ2) is 6.73. The van der Waals surface area contributed by atoms with Crippen LogP contribution in [0.5, 0.6) is 0 Å². The van der Waals surface area contributed by atoms with Gasteiger partial charge in [-0.3, -0.25) is 4.79 Å². The third kappa shape index (κ3) is 2.85. The number of halogens is 1. The minimum atomic E-state index is -0.765. The zero-order valence-electron chi connectivity index (χ0n) is 16.5. The molecule has 2 bridgehead atoms. The fourth-order valence-electron chi connectivity index (χ4n) is 5.37. The molecule has 0 saturated heterocycles. The number of anilines is 1. The Labute approximate surface area is 175 Å². The van der Waals surface area contributed by atoms with Crippen molar-refractivity contribution in [1.82, 2.24) is 29.5 Å². The fourth-order valence-corrected chi connectivity index (χ4v) is 5.37.